The molecule has 5 atom stereocenters. The number of hydrogen-bond acceptors (Lipinski definition) is 21. The number of nitrogens with zero attached hydrogens (tertiary/aromatic N) is 5. The monoisotopic (exact) mass is 1500 g/mol. The van der Waals surface area contributed by atoms with E-state index in [2.05, 4.69) is 74.7 Å². The van der Waals surface area contributed by atoms with E-state index in [1.807, 2.05) is 6.26 Å². The summed E-state index contributed by atoms with van der Waals surface area (Å²) in [5, 5.41) is 54.6. The first-order valence-electron chi connectivity index (χ1n) is 33.9. The number of aromatic nitrogens is 3. The number of para-hydroxylation sites is 1. The van der Waals surface area contributed by atoms with Crippen molar-refractivity contribution >= 4 is 117 Å². The number of rotatable bonds is 40. The molecule has 0 radical (unpaired) electrons. The van der Waals surface area contributed by atoms with Gasteiger partial charge in [-0.15, -0.1) is 0 Å². The molecule has 0 spiro atoms. The third-order valence-corrected chi connectivity index (χ3v) is 17.5. The average molecular weight is 1500 g/mol. The molecule has 1 saturated heterocycles. The predicted molar refractivity (Wildman–Crippen MR) is 387 cm³/mol. The number of aliphatic carboxylic acids is 3. The average Bonchev–Trinajstić information content (AvgIpc) is 1.65. The number of carbonyl (C=O) groups is 15. The van der Waals surface area contributed by atoms with Gasteiger partial charge in [-0.2, -0.15) is 11.8 Å². The lowest BCUT2D eigenvalue weighted by Crippen LogP contribution is -2.56. The maximum atomic E-state index is 14.4. The fourth-order valence-corrected chi connectivity index (χ4v) is 11.3. The number of nitrogens with one attached hydrogen (secondary N) is 12. The van der Waals surface area contributed by atoms with E-state index in [4.69, 9.17) is 11.5 Å². The number of allylic oxidation sites excluding steroid dienone is 1. The molecule has 12 amide bonds. The third-order valence-electron chi connectivity index (χ3n) is 16.8. The van der Waals surface area contributed by atoms with Crippen molar-refractivity contribution in [3.05, 3.63) is 108 Å². The molecule has 2 aromatic carbocycles. The Balaban J connectivity index is 1.22. The Hall–Kier alpha value is -11.1. The van der Waals surface area contributed by atoms with Crippen molar-refractivity contribution in [2.45, 2.75) is 96.4 Å². The highest BCUT2D eigenvalue weighted by molar-refractivity contribution is 7.98. The second-order valence-electron chi connectivity index (χ2n) is 25.3. The van der Waals surface area contributed by atoms with Crippen molar-refractivity contribution in [1.82, 2.24) is 82.4 Å². The largest absolute Gasteiger partial charge is 0.480 e. The van der Waals surface area contributed by atoms with Gasteiger partial charge in [-0.05, 0) is 85.6 Å². The summed E-state index contributed by atoms with van der Waals surface area (Å²) in [6.07, 6.45) is 5.55. The molecule has 106 heavy (non-hydrogen) atoms. The lowest BCUT2D eigenvalue weighted by atomic mass is 10.0. The van der Waals surface area contributed by atoms with Gasteiger partial charge in [0, 0.05) is 112 Å². The van der Waals surface area contributed by atoms with Gasteiger partial charge in [0.1, 0.15) is 35.9 Å². The Kier molecular flexibility index (Phi) is 34.9. The van der Waals surface area contributed by atoms with Gasteiger partial charge in [-0.1, -0.05) is 45.5 Å². The van der Waals surface area contributed by atoms with E-state index in [1.54, 1.807) is 77.8 Å². The maximum Gasteiger partial charge on any atom is 0.317 e. The van der Waals surface area contributed by atoms with Crippen molar-refractivity contribution < 1.29 is 87.2 Å². The number of primary amides is 2. The number of anilines is 1. The van der Waals surface area contributed by atoms with Crippen LogP contribution in [0.4, 0.5) is 5.69 Å². The number of H-pyrrole nitrogens is 2. The molecule has 4 unspecified atom stereocenters. The Labute approximate surface area is 614 Å². The predicted octanol–water partition coefficient (Wildman–Crippen LogP) is -3.35. The first-order valence-corrected chi connectivity index (χ1v) is 35.3. The summed E-state index contributed by atoms with van der Waals surface area (Å²) in [6.45, 7) is 8.97. The van der Waals surface area contributed by atoms with E-state index in [1.165, 1.54) is 48.6 Å². The molecular formula is C68H95N19O18S. The van der Waals surface area contributed by atoms with E-state index >= 15 is 0 Å². The molecule has 5 rings (SSSR count). The van der Waals surface area contributed by atoms with E-state index in [0.29, 0.717) is 39.9 Å². The standard InChI is InChI=1S/C68H95N19O18S/c1-7-40(4)60(68(105)79-48(61(70)98)18-27-106-6)83-66(103)51(29-45-31-71-38-75-45)78-54(90)33-74-67(104)59(39(2)3)82-62(99)41(5)76-65(102)50(28-43-30-72-47-11-9-8-10-46(43)47)81-64(101)49(16-17-52(69)88)80-63(100)42-12-14-44(15-13-42)77-53(89)32-73-55(91)34-84-19-21-85(35-56(92)93)23-25-87(37-58(96)97)26-24-86(22-20-84)36-57(94)95/h8-15,30-31,38-39,48-51,59,72H,5,7,16-29,32-37H2,1-4,6H3,(H2,69,88)(H2,70,98)(H,71,75)(H,73,91)(H,74,104)(H,76,102)(H,77,89)(H,78,90)(H,79,105)(H,80,100)(H,81,101)(H,82,99)(H,83,103)(H,92,93)(H,94,95)(H,96,97)/b60-40-/t48?,49-,50?,51?,59?/m0/s1. The Morgan fingerprint density at radius 1 is 0.604 bits per heavy atom. The van der Waals surface area contributed by atoms with Crippen LogP contribution < -0.4 is 64.6 Å². The fraction of sp³-hybridized carbons (Fsp3) is 0.471. The van der Waals surface area contributed by atoms with Gasteiger partial charge in [0.05, 0.1) is 51.3 Å². The second-order valence-corrected chi connectivity index (χ2v) is 26.3. The SMILES string of the molecule is C=C(NC(=O)C(Cc1c[nH]c2ccccc12)NC(=O)[C@H](CCC(N)=O)NC(=O)c1ccc(NC(=O)CNC(=O)CN2CCN(CC(=O)O)CCN(CC(=O)O)CCN(CC(=O)O)CC2)cc1)C(=O)NC(C(=O)NCC(=O)NC(Cc1cnc[nH]1)C(=O)N/C(C(=O)NC(CCSC)C(N)=O)=C(/C)CC)C(C)C. The first kappa shape index (κ1) is 85.6. The Morgan fingerprint density at radius 3 is 1.71 bits per heavy atom. The highest BCUT2D eigenvalue weighted by Gasteiger charge is 2.33. The number of fused-ring (bicyclic) bond motifs is 1. The van der Waals surface area contributed by atoms with Gasteiger partial charge in [0.25, 0.3) is 17.7 Å². The molecule has 0 bridgehead atoms. The number of benzene rings is 2. The number of imidazole rings is 1. The van der Waals surface area contributed by atoms with Gasteiger partial charge in [-0.3, -0.25) is 91.5 Å². The van der Waals surface area contributed by atoms with Crippen LogP contribution in [0, 0.1) is 5.92 Å². The number of carbonyl (C=O) groups excluding carboxylic acids is 12. The second kappa shape index (κ2) is 43.2. The van der Waals surface area contributed by atoms with Gasteiger partial charge in [0.15, 0.2) is 0 Å². The quantitative estimate of drug-likeness (QED) is 0.0194. The summed E-state index contributed by atoms with van der Waals surface area (Å²) < 4.78 is 0. The van der Waals surface area contributed by atoms with Crippen LogP contribution in [0.25, 0.3) is 10.9 Å². The number of carboxylic acids is 3. The number of nitrogens with two attached hydrogens (primary N) is 2. The molecule has 576 valence electrons. The fourth-order valence-electron chi connectivity index (χ4n) is 10.8. The van der Waals surface area contributed by atoms with Crippen LogP contribution in [0.3, 0.4) is 0 Å². The van der Waals surface area contributed by atoms with Gasteiger partial charge >= 0.3 is 17.9 Å². The lowest BCUT2D eigenvalue weighted by molar-refractivity contribution is -0.140. The molecule has 1 aliphatic rings. The Morgan fingerprint density at radius 2 is 1.17 bits per heavy atom. The third kappa shape index (κ3) is 29.6. The zero-order valence-corrected chi connectivity index (χ0v) is 60.5. The Bertz CT molecular complexity index is 3800. The zero-order chi connectivity index (χ0) is 78.2. The minimum atomic E-state index is -1.53. The van der Waals surface area contributed by atoms with Crippen molar-refractivity contribution in [2.75, 3.05) is 109 Å². The summed E-state index contributed by atoms with van der Waals surface area (Å²) >= 11 is 1.43. The molecule has 3 heterocycles. The van der Waals surface area contributed by atoms with Gasteiger partial charge < -0.3 is 89.9 Å². The summed E-state index contributed by atoms with van der Waals surface area (Å²) in [5.74, 6) is -13.6. The molecular weight excluding hydrogens is 1400 g/mol. The van der Waals surface area contributed by atoms with E-state index in [0.717, 1.165) is 0 Å². The molecule has 37 nitrogen and oxygen atoms in total. The molecule has 38 heteroatoms. The molecule has 0 saturated carbocycles. The minimum absolute atomic E-state index is 0.0361. The van der Waals surface area contributed by atoms with Crippen LogP contribution in [0.5, 0.6) is 0 Å². The van der Waals surface area contributed by atoms with Crippen LogP contribution in [0.2, 0.25) is 0 Å². The van der Waals surface area contributed by atoms with Crippen molar-refractivity contribution in [1.29, 1.82) is 0 Å². The topological polar surface area (TPSA) is 547 Å². The number of carboxylic acid groups (broad SMARTS) is 3. The van der Waals surface area contributed by atoms with E-state index < -0.39 is 150 Å². The summed E-state index contributed by atoms with van der Waals surface area (Å²) in [6, 6.07) is 5.51. The molecule has 1 aliphatic heterocycles. The minimum Gasteiger partial charge on any atom is -0.480 e. The summed E-state index contributed by atoms with van der Waals surface area (Å²) in [4.78, 5) is 213. The highest BCUT2D eigenvalue weighted by Crippen LogP contribution is 2.20. The van der Waals surface area contributed by atoms with Crippen LogP contribution in [-0.2, 0) is 80.0 Å². The van der Waals surface area contributed by atoms with E-state index in [-0.39, 0.29) is 121 Å². The lowest BCUT2D eigenvalue weighted by Gasteiger charge is -2.32. The molecule has 2 aromatic heterocycles. The molecule has 4 aromatic rings. The van der Waals surface area contributed by atoms with Crippen molar-refractivity contribution in [3.8, 4) is 0 Å². The van der Waals surface area contributed by atoms with Crippen LogP contribution >= 0.6 is 11.8 Å². The molecule has 1 fully saturated rings. The number of thioether (sulfide) groups is 1. The van der Waals surface area contributed by atoms with Crippen LogP contribution in [0.15, 0.2) is 90.8 Å². The van der Waals surface area contributed by atoms with Crippen LogP contribution in [-0.4, -0.2) is 273 Å². The van der Waals surface area contributed by atoms with Crippen molar-refractivity contribution in [3.63, 3.8) is 0 Å². The van der Waals surface area contributed by atoms with Crippen LogP contribution in [0.1, 0.15) is 75.0 Å². The molecule has 0 aliphatic carbocycles. The molecule has 19 N–H and O–H groups in total. The normalized spacial score (nSPS) is 15.0. The number of amides is 12. The number of hydrogen-bond donors (Lipinski definition) is 17. The summed E-state index contributed by atoms with van der Waals surface area (Å²) in [5.41, 5.74) is 12.5. The highest BCUT2D eigenvalue weighted by atomic mass is 32.2. The smallest absolute Gasteiger partial charge is 0.317 e. The van der Waals surface area contributed by atoms with E-state index in [9.17, 15) is 87.2 Å². The summed E-state index contributed by atoms with van der Waals surface area (Å²) in [7, 11) is 0. The zero-order valence-electron chi connectivity index (χ0n) is 59.6. The first-order chi connectivity index (χ1) is 50.3. The van der Waals surface area contributed by atoms with Crippen molar-refractivity contribution in [2.24, 2.45) is 17.4 Å². The number of aromatic amines is 2. The van der Waals surface area contributed by atoms with Gasteiger partial charge in [-0.25, -0.2) is 4.98 Å². The van der Waals surface area contributed by atoms with Gasteiger partial charge in [0.2, 0.25) is 53.2 Å². The maximum absolute atomic E-state index is 14.4.